The Morgan fingerprint density at radius 1 is 1.19 bits per heavy atom. The van der Waals surface area contributed by atoms with Crippen LogP contribution in [0.3, 0.4) is 0 Å². The zero-order valence-corrected chi connectivity index (χ0v) is 15.0. The fourth-order valence-corrected chi connectivity index (χ4v) is 4.63. The summed E-state index contributed by atoms with van der Waals surface area (Å²) in [6, 6.07) is 7.93. The van der Waals surface area contributed by atoms with E-state index in [1.165, 1.54) is 0 Å². The van der Waals surface area contributed by atoms with Crippen molar-refractivity contribution in [3.05, 3.63) is 42.4 Å². The van der Waals surface area contributed by atoms with Gasteiger partial charge in [0.05, 0.1) is 29.5 Å². The highest BCUT2D eigenvalue weighted by Crippen LogP contribution is 2.42. The maximum atomic E-state index is 12.6. The van der Waals surface area contributed by atoms with Gasteiger partial charge in [-0.15, -0.1) is 10.2 Å². The predicted molar refractivity (Wildman–Crippen MR) is 95.9 cm³/mol. The topological polar surface area (TPSA) is 97.3 Å². The van der Waals surface area contributed by atoms with Crippen molar-refractivity contribution in [1.82, 2.24) is 24.6 Å². The molecule has 1 saturated heterocycles. The molecule has 8 nitrogen and oxygen atoms in total. The lowest BCUT2D eigenvalue weighted by Gasteiger charge is -2.36. The van der Waals surface area contributed by atoms with Crippen molar-refractivity contribution in [2.45, 2.75) is 31.9 Å². The molecule has 2 aromatic heterocycles. The van der Waals surface area contributed by atoms with E-state index in [0.717, 1.165) is 17.5 Å². The number of hydrogen-bond donors (Lipinski definition) is 1. The maximum absolute atomic E-state index is 12.6. The molecule has 1 saturated carbocycles. The molecule has 4 atom stereocenters. The number of hydrogen-bond acceptors (Lipinski definition) is 6. The molecule has 3 heterocycles. The predicted octanol–water partition coefficient (Wildman–Crippen LogP) is 1.81. The molecule has 1 aliphatic heterocycles. The van der Waals surface area contributed by atoms with Gasteiger partial charge in [-0.3, -0.25) is 4.79 Å². The van der Waals surface area contributed by atoms with E-state index in [1.54, 1.807) is 11.8 Å². The molecule has 140 valence electrons. The molecule has 0 bridgehead atoms. The summed E-state index contributed by atoms with van der Waals surface area (Å²) in [7, 11) is 0. The number of benzene rings is 1. The standard InChI is InChI=1S/C19H21N5O3/c1-11-21-22-18(27-11)19(26)23-8-12-6-16(17(25)7-13(12)9-23)24-10-20-14-4-2-3-5-15(14)24/h2-5,10,12-13,16-17,25H,6-9H2,1H3/t12-,13+,16-,17-/m1/s1. The number of aryl methyl sites for hydroxylation is 1. The van der Waals surface area contributed by atoms with Crippen molar-refractivity contribution >= 4 is 16.9 Å². The van der Waals surface area contributed by atoms with Gasteiger partial charge >= 0.3 is 11.8 Å². The summed E-state index contributed by atoms with van der Waals surface area (Å²) in [5, 5.41) is 18.4. The van der Waals surface area contributed by atoms with Gasteiger partial charge in [0.1, 0.15) is 0 Å². The Balaban J connectivity index is 1.37. The van der Waals surface area contributed by atoms with Crippen molar-refractivity contribution in [2.75, 3.05) is 13.1 Å². The molecule has 2 aliphatic rings. The second-order valence-electron chi connectivity index (χ2n) is 7.60. The molecule has 1 aromatic carbocycles. The van der Waals surface area contributed by atoms with E-state index in [0.29, 0.717) is 37.2 Å². The minimum atomic E-state index is -0.454. The summed E-state index contributed by atoms with van der Waals surface area (Å²) >= 11 is 0. The number of para-hydroxylation sites is 2. The lowest BCUT2D eigenvalue weighted by atomic mass is 9.77. The fourth-order valence-electron chi connectivity index (χ4n) is 4.63. The van der Waals surface area contributed by atoms with E-state index >= 15 is 0 Å². The summed E-state index contributed by atoms with van der Waals surface area (Å²) in [5.41, 5.74) is 1.97. The largest absolute Gasteiger partial charge is 0.417 e. The number of likely N-dealkylation sites (tertiary alicyclic amines) is 1. The average molecular weight is 367 g/mol. The molecule has 0 spiro atoms. The molecule has 8 heteroatoms. The molecule has 1 amide bonds. The third-order valence-electron chi connectivity index (χ3n) is 5.94. The van der Waals surface area contributed by atoms with Crippen LogP contribution >= 0.6 is 0 Å². The summed E-state index contributed by atoms with van der Waals surface area (Å²) in [6.45, 7) is 2.95. The smallest absolute Gasteiger partial charge is 0.311 e. The molecule has 2 fully saturated rings. The number of amides is 1. The van der Waals surface area contributed by atoms with Crippen molar-refractivity contribution in [2.24, 2.45) is 11.8 Å². The zero-order chi connectivity index (χ0) is 18.5. The minimum Gasteiger partial charge on any atom is -0.417 e. The van der Waals surface area contributed by atoms with Crippen LogP contribution in [0.15, 0.2) is 35.0 Å². The highest BCUT2D eigenvalue weighted by molar-refractivity contribution is 5.89. The van der Waals surface area contributed by atoms with Crippen molar-refractivity contribution in [3.8, 4) is 0 Å². The molecule has 1 N–H and O–H groups in total. The number of carbonyl (C=O) groups excluding carboxylic acids is 1. The summed E-state index contributed by atoms with van der Waals surface area (Å²) in [5.74, 6) is 0.844. The Hall–Kier alpha value is -2.74. The Kier molecular flexibility index (Phi) is 3.75. The molecule has 1 aliphatic carbocycles. The molecule has 0 unspecified atom stereocenters. The number of fused-ring (bicyclic) bond motifs is 2. The second-order valence-corrected chi connectivity index (χ2v) is 7.60. The van der Waals surface area contributed by atoms with Gasteiger partial charge in [-0.25, -0.2) is 4.98 Å². The number of aromatic nitrogens is 4. The first-order valence-corrected chi connectivity index (χ1v) is 9.29. The zero-order valence-electron chi connectivity index (χ0n) is 15.0. The van der Waals surface area contributed by atoms with Gasteiger partial charge in [0, 0.05) is 20.0 Å². The number of rotatable bonds is 2. The SMILES string of the molecule is Cc1nnc(C(=O)N2C[C@H]3C[C@@H](n4cnc5ccccc54)[C@H](O)C[C@H]3C2)o1. The number of nitrogens with zero attached hydrogens (tertiary/aromatic N) is 5. The molecule has 5 rings (SSSR count). The van der Waals surface area contributed by atoms with Crippen LogP contribution in [0.2, 0.25) is 0 Å². The lowest BCUT2D eigenvalue weighted by Crippen LogP contribution is -2.36. The van der Waals surface area contributed by atoms with Gasteiger partial charge in [-0.05, 0) is 36.8 Å². The lowest BCUT2D eigenvalue weighted by molar-refractivity contribution is 0.0374. The Labute approximate surface area is 155 Å². The average Bonchev–Trinajstić information content (AvgIpc) is 3.38. The Morgan fingerprint density at radius 3 is 2.74 bits per heavy atom. The number of aliphatic hydroxyl groups is 1. The fraction of sp³-hybridized carbons (Fsp3) is 0.474. The summed E-state index contributed by atoms with van der Waals surface area (Å²) in [6.07, 6.45) is 2.86. The first-order valence-electron chi connectivity index (χ1n) is 9.29. The van der Waals surface area contributed by atoms with Crippen LogP contribution in [0.1, 0.15) is 35.5 Å². The number of imidazole rings is 1. The van der Waals surface area contributed by atoms with Gasteiger partial charge in [0.15, 0.2) is 0 Å². The highest BCUT2D eigenvalue weighted by Gasteiger charge is 2.44. The van der Waals surface area contributed by atoms with Gasteiger partial charge in [0.25, 0.3) is 0 Å². The van der Waals surface area contributed by atoms with Crippen LogP contribution in [0.25, 0.3) is 11.0 Å². The normalized spacial score (nSPS) is 27.9. The molecule has 27 heavy (non-hydrogen) atoms. The summed E-state index contributed by atoms with van der Waals surface area (Å²) in [4.78, 5) is 18.9. The van der Waals surface area contributed by atoms with E-state index in [9.17, 15) is 9.90 Å². The van der Waals surface area contributed by atoms with E-state index in [4.69, 9.17) is 4.42 Å². The molecule has 3 aromatic rings. The van der Waals surface area contributed by atoms with Crippen molar-refractivity contribution in [3.63, 3.8) is 0 Å². The number of aliphatic hydroxyl groups excluding tert-OH is 1. The van der Waals surface area contributed by atoms with Gasteiger partial charge in [-0.1, -0.05) is 12.1 Å². The first-order chi connectivity index (χ1) is 13.1. The minimum absolute atomic E-state index is 0.0284. The van der Waals surface area contributed by atoms with E-state index in [2.05, 4.69) is 19.7 Å². The third-order valence-corrected chi connectivity index (χ3v) is 5.94. The van der Waals surface area contributed by atoms with E-state index in [1.807, 2.05) is 30.6 Å². The van der Waals surface area contributed by atoms with Crippen LogP contribution in [0, 0.1) is 18.8 Å². The number of carbonyl (C=O) groups is 1. The molecule has 0 radical (unpaired) electrons. The molecular formula is C19H21N5O3. The van der Waals surface area contributed by atoms with Crippen molar-refractivity contribution < 1.29 is 14.3 Å². The molecular weight excluding hydrogens is 346 g/mol. The van der Waals surface area contributed by atoms with Gasteiger partial charge in [0.2, 0.25) is 5.89 Å². The van der Waals surface area contributed by atoms with E-state index < -0.39 is 6.10 Å². The van der Waals surface area contributed by atoms with Gasteiger partial charge in [-0.2, -0.15) is 0 Å². The van der Waals surface area contributed by atoms with Crippen LogP contribution < -0.4 is 0 Å². The van der Waals surface area contributed by atoms with Crippen molar-refractivity contribution in [1.29, 1.82) is 0 Å². The monoisotopic (exact) mass is 367 g/mol. The second kappa shape index (κ2) is 6.16. The maximum Gasteiger partial charge on any atom is 0.311 e. The quantitative estimate of drug-likeness (QED) is 0.742. The van der Waals surface area contributed by atoms with Crippen LogP contribution in [-0.4, -0.2) is 54.9 Å². The van der Waals surface area contributed by atoms with Crippen LogP contribution in [0.4, 0.5) is 0 Å². The third kappa shape index (κ3) is 2.71. The van der Waals surface area contributed by atoms with E-state index in [-0.39, 0.29) is 17.8 Å². The van der Waals surface area contributed by atoms with Gasteiger partial charge < -0.3 is 19.0 Å². The Morgan fingerprint density at radius 2 is 1.96 bits per heavy atom. The highest BCUT2D eigenvalue weighted by atomic mass is 16.4. The van der Waals surface area contributed by atoms with Crippen LogP contribution in [-0.2, 0) is 0 Å². The van der Waals surface area contributed by atoms with Crippen LogP contribution in [0.5, 0.6) is 0 Å². The summed E-state index contributed by atoms with van der Waals surface area (Å²) < 4.78 is 7.37. The first kappa shape index (κ1) is 16.4. The Bertz CT molecular complexity index is 996.